The van der Waals surface area contributed by atoms with Gasteiger partial charge in [-0.15, -0.1) is 0 Å². The maximum atomic E-state index is 12.6. The summed E-state index contributed by atoms with van der Waals surface area (Å²) in [6, 6.07) is 7.83. The summed E-state index contributed by atoms with van der Waals surface area (Å²) in [6.07, 6.45) is 6.22. The van der Waals surface area contributed by atoms with Gasteiger partial charge in [0, 0.05) is 11.6 Å². The molecule has 0 aliphatic heterocycles. The summed E-state index contributed by atoms with van der Waals surface area (Å²) in [4.78, 5) is 12.6. The number of methoxy groups -OCH3 is 1. The lowest BCUT2D eigenvalue weighted by atomic mass is 9.88. The van der Waals surface area contributed by atoms with Gasteiger partial charge in [0.1, 0.15) is 5.75 Å². The molecule has 3 nitrogen and oxygen atoms in total. The van der Waals surface area contributed by atoms with Crippen LogP contribution in [0.15, 0.2) is 24.3 Å². The van der Waals surface area contributed by atoms with E-state index in [1.54, 1.807) is 7.11 Å². The van der Waals surface area contributed by atoms with Gasteiger partial charge in [-0.1, -0.05) is 19.3 Å². The Kier molecular flexibility index (Phi) is 4.81. The Balaban J connectivity index is 2.04. The molecule has 20 heavy (non-hydrogen) atoms. The summed E-state index contributed by atoms with van der Waals surface area (Å²) in [6.45, 7) is 3.96. The minimum atomic E-state index is -0.517. The van der Waals surface area contributed by atoms with Crippen LogP contribution in [0.1, 0.15) is 56.3 Å². The fourth-order valence-corrected chi connectivity index (χ4v) is 2.93. The first-order valence-corrected chi connectivity index (χ1v) is 7.49. The molecule has 1 aromatic rings. The van der Waals surface area contributed by atoms with Gasteiger partial charge < -0.3 is 10.1 Å². The number of hydrogen-bond donors (Lipinski definition) is 1. The lowest BCUT2D eigenvalue weighted by molar-refractivity contribution is 0.0862. The normalized spacial score (nSPS) is 16.9. The Morgan fingerprint density at radius 1 is 1.15 bits per heavy atom. The van der Waals surface area contributed by atoms with E-state index in [1.807, 2.05) is 38.1 Å². The Morgan fingerprint density at radius 3 is 2.30 bits per heavy atom. The van der Waals surface area contributed by atoms with Gasteiger partial charge in [-0.25, -0.2) is 0 Å². The number of benzene rings is 1. The van der Waals surface area contributed by atoms with Crippen molar-refractivity contribution in [2.75, 3.05) is 7.11 Å². The second-order valence-corrected chi connectivity index (χ2v) is 6.16. The molecule has 3 heteroatoms. The van der Waals surface area contributed by atoms with Crippen LogP contribution in [0.2, 0.25) is 0 Å². The van der Waals surface area contributed by atoms with Gasteiger partial charge in [0.15, 0.2) is 5.78 Å². The van der Waals surface area contributed by atoms with E-state index >= 15 is 0 Å². The van der Waals surface area contributed by atoms with E-state index in [0.717, 1.165) is 11.3 Å². The molecule has 110 valence electrons. The average molecular weight is 275 g/mol. The quantitative estimate of drug-likeness (QED) is 0.835. The molecule has 0 saturated heterocycles. The van der Waals surface area contributed by atoms with Crippen molar-refractivity contribution in [3.63, 3.8) is 0 Å². The Hall–Kier alpha value is -1.35. The molecule has 0 radical (unpaired) electrons. The molecule has 1 aliphatic carbocycles. The number of nitrogens with one attached hydrogen (secondary N) is 1. The highest BCUT2D eigenvalue weighted by Gasteiger charge is 2.31. The summed E-state index contributed by atoms with van der Waals surface area (Å²) in [7, 11) is 1.63. The van der Waals surface area contributed by atoms with Crippen molar-refractivity contribution in [3.05, 3.63) is 29.8 Å². The molecule has 1 aliphatic rings. The van der Waals surface area contributed by atoms with Crippen molar-refractivity contribution in [2.45, 2.75) is 57.5 Å². The zero-order valence-corrected chi connectivity index (χ0v) is 12.7. The number of hydrogen-bond acceptors (Lipinski definition) is 3. The first-order valence-electron chi connectivity index (χ1n) is 7.49. The highest BCUT2D eigenvalue weighted by molar-refractivity contribution is 6.02. The molecule has 0 heterocycles. The van der Waals surface area contributed by atoms with Crippen molar-refractivity contribution in [1.29, 1.82) is 0 Å². The standard InChI is InChI=1S/C17H25NO2/c1-17(2,18-14-7-5-4-6-8-14)16(19)13-9-11-15(20-3)12-10-13/h9-12,14,18H,4-8H2,1-3H3. The van der Waals surface area contributed by atoms with E-state index in [-0.39, 0.29) is 5.78 Å². The molecule has 2 rings (SSSR count). The molecule has 0 amide bonds. The van der Waals surface area contributed by atoms with Crippen molar-refractivity contribution in [1.82, 2.24) is 5.32 Å². The molecule has 0 aromatic heterocycles. The fraction of sp³-hybridized carbons (Fsp3) is 0.588. The van der Waals surface area contributed by atoms with Crippen molar-refractivity contribution >= 4 is 5.78 Å². The van der Waals surface area contributed by atoms with Crippen LogP contribution in [0.5, 0.6) is 5.75 Å². The van der Waals surface area contributed by atoms with E-state index in [4.69, 9.17) is 4.74 Å². The molecule has 0 bridgehead atoms. The third kappa shape index (κ3) is 3.60. The minimum Gasteiger partial charge on any atom is -0.497 e. The highest BCUT2D eigenvalue weighted by Crippen LogP contribution is 2.22. The summed E-state index contributed by atoms with van der Waals surface area (Å²) < 4.78 is 5.13. The summed E-state index contributed by atoms with van der Waals surface area (Å²) in [5.41, 5.74) is 0.218. The SMILES string of the molecule is COc1ccc(C(=O)C(C)(C)NC2CCCCC2)cc1. The number of rotatable bonds is 5. The number of ether oxygens (including phenoxy) is 1. The second-order valence-electron chi connectivity index (χ2n) is 6.16. The van der Waals surface area contributed by atoms with Crippen LogP contribution in [0.4, 0.5) is 0 Å². The zero-order valence-electron chi connectivity index (χ0n) is 12.7. The summed E-state index contributed by atoms with van der Waals surface area (Å²) in [5.74, 6) is 0.922. The van der Waals surface area contributed by atoms with Gasteiger partial charge in [0.05, 0.1) is 12.6 Å². The van der Waals surface area contributed by atoms with Gasteiger partial charge in [0.25, 0.3) is 0 Å². The number of Topliss-reactive ketones (excluding diaryl/α,β-unsaturated/α-hetero) is 1. The van der Waals surface area contributed by atoms with E-state index in [9.17, 15) is 4.79 Å². The largest absolute Gasteiger partial charge is 0.497 e. The lowest BCUT2D eigenvalue weighted by Crippen LogP contribution is -2.52. The van der Waals surface area contributed by atoms with Gasteiger partial charge in [-0.05, 0) is 51.0 Å². The zero-order chi connectivity index (χ0) is 14.6. The van der Waals surface area contributed by atoms with E-state index in [0.29, 0.717) is 6.04 Å². The van der Waals surface area contributed by atoms with Crippen LogP contribution in [-0.4, -0.2) is 24.5 Å². The van der Waals surface area contributed by atoms with E-state index in [1.165, 1.54) is 32.1 Å². The summed E-state index contributed by atoms with van der Waals surface area (Å²) in [5, 5.41) is 3.54. The number of carbonyl (C=O) groups excluding carboxylic acids is 1. The van der Waals surface area contributed by atoms with Gasteiger partial charge in [-0.2, -0.15) is 0 Å². The Labute approximate surface area is 121 Å². The monoisotopic (exact) mass is 275 g/mol. The van der Waals surface area contributed by atoms with E-state index < -0.39 is 5.54 Å². The maximum absolute atomic E-state index is 12.6. The van der Waals surface area contributed by atoms with Gasteiger partial charge in [-0.3, -0.25) is 4.79 Å². The topological polar surface area (TPSA) is 38.3 Å². The van der Waals surface area contributed by atoms with E-state index in [2.05, 4.69) is 5.32 Å². The highest BCUT2D eigenvalue weighted by atomic mass is 16.5. The van der Waals surface area contributed by atoms with Crippen molar-refractivity contribution < 1.29 is 9.53 Å². The molecule has 1 N–H and O–H groups in total. The Morgan fingerprint density at radius 2 is 1.75 bits per heavy atom. The molecule has 0 unspecified atom stereocenters. The third-order valence-corrected chi connectivity index (χ3v) is 4.09. The number of ketones is 1. The molecule has 0 spiro atoms. The van der Waals surface area contributed by atoms with Crippen LogP contribution in [-0.2, 0) is 0 Å². The predicted octanol–water partition coefficient (Wildman–Crippen LogP) is 3.58. The van der Waals surface area contributed by atoms with Crippen LogP contribution in [0.25, 0.3) is 0 Å². The van der Waals surface area contributed by atoms with Crippen LogP contribution < -0.4 is 10.1 Å². The minimum absolute atomic E-state index is 0.144. The Bertz CT molecular complexity index is 445. The van der Waals surface area contributed by atoms with Gasteiger partial charge >= 0.3 is 0 Å². The first kappa shape index (κ1) is 15.0. The van der Waals surface area contributed by atoms with Crippen molar-refractivity contribution in [3.8, 4) is 5.75 Å². The molecular formula is C17H25NO2. The van der Waals surface area contributed by atoms with Crippen molar-refractivity contribution in [2.24, 2.45) is 0 Å². The van der Waals surface area contributed by atoms with Gasteiger partial charge in [0.2, 0.25) is 0 Å². The summed E-state index contributed by atoms with van der Waals surface area (Å²) >= 11 is 0. The maximum Gasteiger partial charge on any atom is 0.182 e. The molecule has 1 saturated carbocycles. The predicted molar refractivity (Wildman–Crippen MR) is 81.4 cm³/mol. The molecule has 0 atom stereocenters. The number of carbonyl (C=O) groups is 1. The molecule has 1 aromatic carbocycles. The lowest BCUT2D eigenvalue weighted by Gasteiger charge is -2.33. The average Bonchev–Trinajstić information content (AvgIpc) is 2.47. The third-order valence-electron chi connectivity index (χ3n) is 4.09. The molecular weight excluding hydrogens is 250 g/mol. The van der Waals surface area contributed by atoms with Crippen LogP contribution >= 0.6 is 0 Å². The molecule has 1 fully saturated rings. The second kappa shape index (κ2) is 6.40. The van der Waals surface area contributed by atoms with Crippen LogP contribution in [0, 0.1) is 0 Å². The van der Waals surface area contributed by atoms with Crippen LogP contribution in [0.3, 0.4) is 0 Å². The smallest absolute Gasteiger partial charge is 0.182 e. The first-order chi connectivity index (χ1) is 9.53. The fourth-order valence-electron chi connectivity index (χ4n) is 2.93.